The van der Waals surface area contributed by atoms with Crippen LogP contribution in [0.1, 0.15) is 5.69 Å². The third kappa shape index (κ3) is 2.18. The van der Waals surface area contributed by atoms with E-state index in [-0.39, 0.29) is 12.5 Å². The molecule has 4 heterocycles. The second-order valence-corrected chi connectivity index (χ2v) is 4.95. The SMILES string of the molecule is Cc1nc(-c2ncn[nH]2)ccc1N1C(=O)CNc2nccnc21. The van der Waals surface area contributed by atoms with E-state index in [9.17, 15) is 4.79 Å². The molecule has 0 fully saturated rings. The van der Waals surface area contributed by atoms with Gasteiger partial charge in [-0.15, -0.1) is 0 Å². The van der Waals surface area contributed by atoms with Crippen LogP contribution in [0.15, 0.2) is 30.9 Å². The molecule has 9 nitrogen and oxygen atoms in total. The number of aryl methyl sites for hydroxylation is 1. The van der Waals surface area contributed by atoms with Crippen molar-refractivity contribution in [3.8, 4) is 11.5 Å². The summed E-state index contributed by atoms with van der Waals surface area (Å²) >= 11 is 0. The van der Waals surface area contributed by atoms with E-state index in [0.29, 0.717) is 34.5 Å². The highest BCUT2D eigenvalue weighted by Gasteiger charge is 2.29. The van der Waals surface area contributed by atoms with Gasteiger partial charge < -0.3 is 5.32 Å². The van der Waals surface area contributed by atoms with Crippen molar-refractivity contribution < 1.29 is 4.79 Å². The van der Waals surface area contributed by atoms with E-state index in [2.05, 4.69) is 35.5 Å². The summed E-state index contributed by atoms with van der Waals surface area (Å²) in [7, 11) is 0. The lowest BCUT2D eigenvalue weighted by molar-refractivity contribution is -0.116. The van der Waals surface area contributed by atoms with E-state index in [0.717, 1.165) is 0 Å². The Labute approximate surface area is 130 Å². The van der Waals surface area contributed by atoms with Crippen molar-refractivity contribution in [3.05, 3.63) is 36.5 Å². The number of hydrogen-bond donors (Lipinski definition) is 2. The first kappa shape index (κ1) is 13.3. The largest absolute Gasteiger partial charge is 0.358 e. The van der Waals surface area contributed by atoms with Crippen molar-refractivity contribution in [2.24, 2.45) is 0 Å². The topological polar surface area (TPSA) is 113 Å². The molecular weight excluding hydrogens is 296 g/mol. The van der Waals surface area contributed by atoms with Gasteiger partial charge in [-0.2, -0.15) is 5.10 Å². The van der Waals surface area contributed by atoms with Crippen LogP contribution in [0.5, 0.6) is 0 Å². The number of pyridine rings is 1. The molecule has 0 spiro atoms. The molecule has 2 N–H and O–H groups in total. The molecule has 0 bridgehead atoms. The zero-order chi connectivity index (χ0) is 15.8. The Morgan fingerprint density at radius 3 is 2.83 bits per heavy atom. The van der Waals surface area contributed by atoms with Gasteiger partial charge in [-0.1, -0.05) is 0 Å². The second kappa shape index (κ2) is 5.13. The molecular formula is C14H12N8O. The molecule has 1 amide bonds. The van der Waals surface area contributed by atoms with Crippen molar-refractivity contribution >= 4 is 23.2 Å². The zero-order valence-electron chi connectivity index (χ0n) is 12.2. The highest BCUT2D eigenvalue weighted by atomic mass is 16.2. The molecule has 0 radical (unpaired) electrons. The normalized spacial score (nSPS) is 13.6. The summed E-state index contributed by atoms with van der Waals surface area (Å²) in [6, 6.07) is 3.61. The Balaban J connectivity index is 1.80. The highest BCUT2D eigenvalue weighted by Crippen LogP contribution is 2.33. The van der Waals surface area contributed by atoms with Crippen LogP contribution in [0.3, 0.4) is 0 Å². The quantitative estimate of drug-likeness (QED) is 0.727. The maximum Gasteiger partial charge on any atom is 0.252 e. The average molecular weight is 308 g/mol. The van der Waals surface area contributed by atoms with Gasteiger partial charge in [0.15, 0.2) is 17.5 Å². The molecule has 0 aliphatic carbocycles. The number of carbonyl (C=O) groups excluding carboxylic acids is 1. The molecule has 1 aliphatic heterocycles. The summed E-state index contributed by atoms with van der Waals surface area (Å²) in [5.41, 5.74) is 2.01. The zero-order valence-corrected chi connectivity index (χ0v) is 12.2. The Morgan fingerprint density at radius 1 is 1.17 bits per heavy atom. The second-order valence-electron chi connectivity index (χ2n) is 4.95. The van der Waals surface area contributed by atoms with E-state index >= 15 is 0 Å². The molecule has 3 aromatic heterocycles. The number of anilines is 3. The summed E-state index contributed by atoms with van der Waals surface area (Å²) in [6.45, 7) is 2.00. The number of H-pyrrole nitrogens is 1. The molecule has 3 aromatic rings. The lowest BCUT2D eigenvalue weighted by Gasteiger charge is -2.28. The lowest BCUT2D eigenvalue weighted by atomic mass is 10.2. The maximum absolute atomic E-state index is 12.4. The van der Waals surface area contributed by atoms with Crippen molar-refractivity contribution in [3.63, 3.8) is 0 Å². The number of nitrogens with one attached hydrogen (secondary N) is 2. The highest BCUT2D eigenvalue weighted by molar-refractivity contribution is 6.06. The van der Waals surface area contributed by atoms with Crippen LogP contribution in [-0.4, -0.2) is 42.6 Å². The van der Waals surface area contributed by atoms with Crippen molar-refractivity contribution in [2.45, 2.75) is 6.92 Å². The van der Waals surface area contributed by atoms with Gasteiger partial charge >= 0.3 is 0 Å². The Hall–Kier alpha value is -3.36. The summed E-state index contributed by atoms with van der Waals surface area (Å²) in [5, 5.41) is 9.54. The van der Waals surface area contributed by atoms with Crippen molar-refractivity contribution in [1.29, 1.82) is 0 Å². The van der Waals surface area contributed by atoms with Crippen LogP contribution >= 0.6 is 0 Å². The lowest BCUT2D eigenvalue weighted by Crippen LogP contribution is -2.38. The number of hydrogen-bond acceptors (Lipinski definition) is 7. The first-order valence-corrected chi connectivity index (χ1v) is 6.95. The average Bonchev–Trinajstić information content (AvgIpc) is 3.10. The van der Waals surface area contributed by atoms with Crippen molar-refractivity contribution in [2.75, 3.05) is 16.8 Å². The molecule has 1 aliphatic rings. The Morgan fingerprint density at radius 2 is 2.04 bits per heavy atom. The summed E-state index contributed by atoms with van der Waals surface area (Å²) in [6.07, 6.45) is 4.56. The number of amides is 1. The summed E-state index contributed by atoms with van der Waals surface area (Å²) in [4.78, 5) is 30.9. The first-order chi connectivity index (χ1) is 11.2. The van der Waals surface area contributed by atoms with Gasteiger partial charge in [0.1, 0.15) is 12.0 Å². The molecule has 0 atom stereocenters. The molecule has 0 saturated heterocycles. The maximum atomic E-state index is 12.4. The van der Waals surface area contributed by atoms with E-state index in [1.165, 1.54) is 11.2 Å². The number of aromatic amines is 1. The molecule has 114 valence electrons. The number of rotatable bonds is 2. The van der Waals surface area contributed by atoms with Gasteiger partial charge in [0.25, 0.3) is 5.91 Å². The fraction of sp³-hybridized carbons (Fsp3) is 0.143. The van der Waals surface area contributed by atoms with Gasteiger partial charge in [0.05, 0.1) is 17.9 Å². The van der Waals surface area contributed by atoms with E-state index in [4.69, 9.17) is 0 Å². The molecule has 9 heteroatoms. The molecule has 0 unspecified atom stereocenters. The van der Waals surface area contributed by atoms with Gasteiger partial charge in [-0.25, -0.2) is 19.9 Å². The fourth-order valence-electron chi connectivity index (χ4n) is 2.47. The van der Waals surface area contributed by atoms with Gasteiger partial charge in [-0.05, 0) is 19.1 Å². The standard InChI is InChI=1S/C14H12N8O/c1-8-10(3-2-9(20-8)12-18-7-19-21-12)22-11(23)6-17-13-14(22)16-5-4-15-13/h2-5,7H,6H2,1H3,(H,15,17)(H,18,19,21). The van der Waals surface area contributed by atoms with Gasteiger partial charge in [-0.3, -0.25) is 14.8 Å². The van der Waals surface area contributed by atoms with Crippen molar-refractivity contribution in [1.82, 2.24) is 30.1 Å². The Bertz CT molecular complexity index is 876. The van der Waals surface area contributed by atoms with E-state index in [1.807, 2.05) is 13.0 Å². The van der Waals surface area contributed by atoms with Crippen LogP contribution in [-0.2, 0) is 4.79 Å². The van der Waals surface area contributed by atoms with Crippen LogP contribution in [0.25, 0.3) is 11.5 Å². The summed E-state index contributed by atoms with van der Waals surface area (Å²) < 4.78 is 0. The van der Waals surface area contributed by atoms with E-state index < -0.39 is 0 Å². The minimum Gasteiger partial charge on any atom is -0.358 e. The van der Waals surface area contributed by atoms with Crippen LogP contribution < -0.4 is 10.2 Å². The number of fused-ring (bicyclic) bond motifs is 1. The predicted octanol–water partition coefficient (Wildman–Crippen LogP) is 1.06. The molecule has 0 aromatic carbocycles. The minimum atomic E-state index is -0.115. The van der Waals surface area contributed by atoms with E-state index in [1.54, 1.807) is 18.5 Å². The number of nitrogens with zero attached hydrogens (tertiary/aromatic N) is 6. The third-order valence-electron chi connectivity index (χ3n) is 3.50. The number of carbonyl (C=O) groups is 1. The van der Waals surface area contributed by atoms with Crippen LogP contribution in [0.2, 0.25) is 0 Å². The molecule has 4 rings (SSSR count). The third-order valence-corrected chi connectivity index (χ3v) is 3.50. The Kier molecular flexibility index (Phi) is 2.97. The smallest absolute Gasteiger partial charge is 0.252 e. The summed E-state index contributed by atoms with van der Waals surface area (Å²) in [5.74, 6) is 1.51. The van der Waals surface area contributed by atoms with Gasteiger partial charge in [0.2, 0.25) is 0 Å². The predicted molar refractivity (Wildman–Crippen MR) is 82.0 cm³/mol. The first-order valence-electron chi connectivity index (χ1n) is 6.95. The monoisotopic (exact) mass is 308 g/mol. The fourth-order valence-corrected chi connectivity index (χ4v) is 2.47. The minimum absolute atomic E-state index is 0.115. The van der Waals surface area contributed by atoms with Crippen LogP contribution in [0.4, 0.5) is 17.3 Å². The molecule has 0 saturated carbocycles. The van der Waals surface area contributed by atoms with Crippen LogP contribution in [0, 0.1) is 6.92 Å². The molecule has 23 heavy (non-hydrogen) atoms. The number of aromatic nitrogens is 6. The van der Waals surface area contributed by atoms with Gasteiger partial charge in [0, 0.05) is 12.4 Å².